The number of nitrogens with one attached hydrogen (secondary N) is 1. The van der Waals surface area contributed by atoms with E-state index in [4.69, 9.17) is 5.73 Å². The zero-order valence-corrected chi connectivity index (χ0v) is 12.0. The van der Waals surface area contributed by atoms with E-state index in [0.717, 1.165) is 12.8 Å². The summed E-state index contributed by atoms with van der Waals surface area (Å²) >= 11 is 0. The number of nitrogens with two attached hydrogens (primary N) is 1. The lowest BCUT2D eigenvalue weighted by molar-refractivity contribution is -0.126. The zero-order chi connectivity index (χ0) is 12.1. The predicted molar refractivity (Wildman–Crippen MR) is 71.8 cm³/mol. The van der Waals surface area contributed by atoms with Crippen LogP contribution < -0.4 is 11.1 Å². The van der Waals surface area contributed by atoms with Gasteiger partial charge in [-0.1, -0.05) is 34.1 Å². The molecule has 0 saturated carbocycles. The number of halogens is 1. The normalized spacial score (nSPS) is 16.2. The summed E-state index contributed by atoms with van der Waals surface area (Å²) < 4.78 is 0. The molecule has 2 unspecified atom stereocenters. The molecule has 2 atom stereocenters. The molecular weight excluding hydrogens is 224 g/mol. The van der Waals surface area contributed by atoms with E-state index < -0.39 is 5.54 Å². The molecule has 4 heteroatoms. The number of amides is 1. The first-order chi connectivity index (χ1) is 6.81. The molecule has 0 fully saturated rings. The summed E-state index contributed by atoms with van der Waals surface area (Å²) in [5.74, 6) is 1.05. The van der Waals surface area contributed by atoms with Crippen LogP contribution in [0.2, 0.25) is 0 Å². The Morgan fingerprint density at radius 1 is 1.38 bits per heavy atom. The van der Waals surface area contributed by atoms with Crippen molar-refractivity contribution in [2.24, 2.45) is 17.6 Å². The van der Waals surface area contributed by atoms with Gasteiger partial charge in [-0.3, -0.25) is 4.79 Å². The van der Waals surface area contributed by atoms with E-state index in [1.165, 1.54) is 0 Å². The molecule has 98 valence electrons. The fourth-order valence-electron chi connectivity index (χ4n) is 1.32. The first-order valence-electron chi connectivity index (χ1n) is 5.88. The van der Waals surface area contributed by atoms with E-state index in [1.807, 2.05) is 6.92 Å². The van der Waals surface area contributed by atoms with Crippen molar-refractivity contribution in [3.63, 3.8) is 0 Å². The van der Waals surface area contributed by atoms with Crippen molar-refractivity contribution in [2.45, 2.75) is 53.0 Å². The fourth-order valence-corrected chi connectivity index (χ4v) is 1.32. The number of carbonyl (C=O) groups excluding carboxylic acids is 1. The molecule has 0 bridgehead atoms. The van der Waals surface area contributed by atoms with E-state index in [1.54, 1.807) is 6.92 Å². The summed E-state index contributed by atoms with van der Waals surface area (Å²) in [5.41, 5.74) is 5.20. The molecule has 0 radical (unpaired) electrons. The maximum atomic E-state index is 11.7. The molecule has 0 aliphatic carbocycles. The SMILES string of the molecule is CCCC(C)(N)C(=O)NCC(C)C(C)C.Cl. The third-order valence-electron chi connectivity index (χ3n) is 3.01. The molecular formula is C12H27ClN2O. The van der Waals surface area contributed by atoms with Crippen molar-refractivity contribution >= 4 is 18.3 Å². The minimum atomic E-state index is -0.717. The number of hydrogen-bond acceptors (Lipinski definition) is 2. The van der Waals surface area contributed by atoms with E-state index in [-0.39, 0.29) is 18.3 Å². The van der Waals surface area contributed by atoms with Crippen LogP contribution in [-0.4, -0.2) is 18.0 Å². The monoisotopic (exact) mass is 250 g/mol. The summed E-state index contributed by atoms with van der Waals surface area (Å²) in [6, 6.07) is 0. The molecule has 0 heterocycles. The molecule has 16 heavy (non-hydrogen) atoms. The first-order valence-corrected chi connectivity index (χ1v) is 5.88. The van der Waals surface area contributed by atoms with Crippen molar-refractivity contribution in [3.05, 3.63) is 0 Å². The van der Waals surface area contributed by atoms with Crippen molar-refractivity contribution in [2.75, 3.05) is 6.54 Å². The highest BCUT2D eigenvalue weighted by Crippen LogP contribution is 2.11. The second-order valence-corrected chi connectivity index (χ2v) is 5.10. The predicted octanol–water partition coefficient (Wildman–Crippen LogP) is 2.33. The highest BCUT2D eigenvalue weighted by molar-refractivity contribution is 5.85. The Balaban J connectivity index is 0. The van der Waals surface area contributed by atoms with Crippen LogP contribution >= 0.6 is 12.4 Å². The zero-order valence-electron chi connectivity index (χ0n) is 11.2. The Hall–Kier alpha value is -0.280. The van der Waals surface area contributed by atoms with Crippen molar-refractivity contribution in [1.82, 2.24) is 5.32 Å². The third kappa shape index (κ3) is 6.33. The summed E-state index contributed by atoms with van der Waals surface area (Å²) in [6.07, 6.45) is 1.66. The van der Waals surface area contributed by atoms with E-state index in [0.29, 0.717) is 18.4 Å². The number of carbonyl (C=O) groups is 1. The van der Waals surface area contributed by atoms with E-state index in [2.05, 4.69) is 26.1 Å². The quantitative estimate of drug-likeness (QED) is 0.760. The lowest BCUT2D eigenvalue weighted by Crippen LogP contribution is -2.52. The van der Waals surface area contributed by atoms with Gasteiger partial charge in [-0.2, -0.15) is 0 Å². The molecule has 0 saturated heterocycles. The average Bonchev–Trinajstić information content (AvgIpc) is 2.13. The first kappa shape index (κ1) is 18.1. The minimum Gasteiger partial charge on any atom is -0.354 e. The molecule has 3 N–H and O–H groups in total. The Kier molecular flexibility index (Phi) is 8.94. The summed E-state index contributed by atoms with van der Waals surface area (Å²) in [7, 11) is 0. The fraction of sp³-hybridized carbons (Fsp3) is 0.917. The van der Waals surface area contributed by atoms with Crippen molar-refractivity contribution in [3.8, 4) is 0 Å². The van der Waals surface area contributed by atoms with Gasteiger partial charge in [0.05, 0.1) is 5.54 Å². The molecule has 3 nitrogen and oxygen atoms in total. The molecule has 0 aromatic rings. The highest BCUT2D eigenvalue weighted by Gasteiger charge is 2.27. The Morgan fingerprint density at radius 2 is 1.88 bits per heavy atom. The lowest BCUT2D eigenvalue weighted by Gasteiger charge is -2.24. The van der Waals surface area contributed by atoms with Gasteiger partial charge in [0.1, 0.15) is 0 Å². The highest BCUT2D eigenvalue weighted by atomic mass is 35.5. The van der Waals surface area contributed by atoms with Crippen LogP contribution in [-0.2, 0) is 4.79 Å². The summed E-state index contributed by atoms with van der Waals surface area (Å²) in [4.78, 5) is 11.7. The number of rotatable bonds is 6. The maximum Gasteiger partial charge on any atom is 0.239 e. The van der Waals surface area contributed by atoms with Crippen LogP contribution in [0.25, 0.3) is 0 Å². The Morgan fingerprint density at radius 3 is 2.25 bits per heavy atom. The van der Waals surface area contributed by atoms with Crippen LogP contribution in [0.15, 0.2) is 0 Å². The Bertz CT molecular complexity index is 205. The maximum absolute atomic E-state index is 11.7. The van der Waals surface area contributed by atoms with Gasteiger partial charge in [0.2, 0.25) is 5.91 Å². The van der Waals surface area contributed by atoms with Gasteiger partial charge < -0.3 is 11.1 Å². The standard InChI is InChI=1S/C12H26N2O.ClH/c1-6-7-12(5,13)11(15)14-8-10(4)9(2)3;/h9-10H,6-8,13H2,1-5H3,(H,14,15);1H. The second-order valence-electron chi connectivity index (χ2n) is 5.10. The topological polar surface area (TPSA) is 55.1 Å². The van der Waals surface area contributed by atoms with E-state index in [9.17, 15) is 4.79 Å². The largest absolute Gasteiger partial charge is 0.354 e. The molecule has 0 aromatic heterocycles. The smallest absolute Gasteiger partial charge is 0.239 e. The van der Waals surface area contributed by atoms with Gasteiger partial charge in [-0.25, -0.2) is 0 Å². The van der Waals surface area contributed by atoms with Gasteiger partial charge in [-0.15, -0.1) is 12.4 Å². The van der Waals surface area contributed by atoms with E-state index >= 15 is 0 Å². The molecule has 0 aliphatic rings. The van der Waals surface area contributed by atoms with Crippen LogP contribution in [0, 0.1) is 11.8 Å². The molecule has 0 rings (SSSR count). The molecule has 0 aliphatic heterocycles. The van der Waals surface area contributed by atoms with Crippen LogP contribution in [0.5, 0.6) is 0 Å². The Labute approximate surface area is 106 Å². The third-order valence-corrected chi connectivity index (χ3v) is 3.01. The average molecular weight is 251 g/mol. The van der Waals surface area contributed by atoms with Crippen LogP contribution in [0.4, 0.5) is 0 Å². The molecule has 0 spiro atoms. The summed E-state index contributed by atoms with van der Waals surface area (Å²) in [6.45, 7) is 11.0. The lowest BCUT2D eigenvalue weighted by atomic mass is 9.94. The van der Waals surface area contributed by atoms with Crippen molar-refractivity contribution in [1.29, 1.82) is 0 Å². The van der Waals surface area contributed by atoms with Gasteiger partial charge in [0, 0.05) is 6.54 Å². The molecule has 0 aromatic carbocycles. The van der Waals surface area contributed by atoms with Gasteiger partial charge in [0.15, 0.2) is 0 Å². The second kappa shape index (κ2) is 7.91. The molecule has 1 amide bonds. The van der Waals surface area contributed by atoms with Crippen molar-refractivity contribution < 1.29 is 4.79 Å². The van der Waals surface area contributed by atoms with Gasteiger partial charge >= 0.3 is 0 Å². The minimum absolute atomic E-state index is 0. The van der Waals surface area contributed by atoms with Gasteiger partial charge in [-0.05, 0) is 25.2 Å². The van der Waals surface area contributed by atoms with Crippen LogP contribution in [0.1, 0.15) is 47.5 Å². The number of hydrogen-bond donors (Lipinski definition) is 2. The van der Waals surface area contributed by atoms with Gasteiger partial charge in [0.25, 0.3) is 0 Å². The van der Waals surface area contributed by atoms with Crippen LogP contribution in [0.3, 0.4) is 0 Å². The summed E-state index contributed by atoms with van der Waals surface area (Å²) in [5, 5.41) is 2.92.